The summed E-state index contributed by atoms with van der Waals surface area (Å²) in [5, 5.41) is 11.3. The summed E-state index contributed by atoms with van der Waals surface area (Å²) in [6.07, 6.45) is 0.684. The van der Waals surface area contributed by atoms with Crippen LogP contribution in [0.25, 0.3) is 11.5 Å². The molecule has 152 valence electrons. The lowest BCUT2D eigenvalue weighted by molar-refractivity contribution is -0.118. The molecule has 3 rings (SSSR count). The average Bonchev–Trinajstić information content (AvgIpc) is 3.21. The molecule has 1 aromatic heterocycles. The highest BCUT2D eigenvalue weighted by Gasteiger charge is 2.13. The summed E-state index contributed by atoms with van der Waals surface area (Å²) < 4.78 is 17.0. The van der Waals surface area contributed by atoms with E-state index in [2.05, 4.69) is 31.4 Å². The molecule has 1 amide bonds. The number of carbonyl (C=O) groups excluding carboxylic acids is 1. The van der Waals surface area contributed by atoms with Gasteiger partial charge in [0.25, 0.3) is 5.22 Å². The van der Waals surface area contributed by atoms with Gasteiger partial charge in [-0.25, -0.2) is 0 Å². The van der Waals surface area contributed by atoms with Crippen molar-refractivity contribution in [3.8, 4) is 23.0 Å². The number of hydrogen-bond donors (Lipinski definition) is 1. The number of benzene rings is 2. The Morgan fingerprint density at radius 2 is 1.93 bits per heavy atom. The minimum atomic E-state index is -0.101. The van der Waals surface area contributed by atoms with Gasteiger partial charge in [0.1, 0.15) is 0 Å². The molecule has 0 aliphatic rings. The average molecular weight is 478 g/mol. The summed E-state index contributed by atoms with van der Waals surface area (Å²) >= 11 is 4.66. The third-order valence-electron chi connectivity index (χ3n) is 4.02. The monoisotopic (exact) mass is 477 g/mol. The number of aromatic nitrogens is 2. The van der Waals surface area contributed by atoms with E-state index in [0.717, 1.165) is 15.6 Å². The van der Waals surface area contributed by atoms with E-state index in [0.29, 0.717) is 35.6 Å². The number of nitrogens with one attached hydrogen (secondary N) is 1. The van der Waals surface area contributed by atoms with Crippen molar-refractivity contribution in [1.82, 2.24) is 15.5 Å². The van der Waals surface area contributed by atoms with Crippen LogP contribution >= 0.6 is 27.7 Å². The second-order valence-electron chi connectivity index (χ2n) is 5.93. The van der Waals surface area contributed by atoms with Gasteiger partial charge in [-0.3, -0.25) is 4.79 Å². The van der Waals surface area contributed by atoms with Gasteiger partial charge in [-0.15, -0.1) is 10.2 Å². The molecule has 0 bridgehead atoms. The molecule has 0 unspecified atom stereocenters. The Kier molecular flexibility index (Phi) is 7.54. The second-order valence-corrected chi connectivity index (χ2v) is 7.71. The Hall–Kier alpha value is -2.52. The van der Waals surface area contributed by atoms with Crippen molar-refractivity contribution in [1.29, 1.82) is 0 Å². The number of thioether (sulfide) groups is 1. The molecule has 29 heavy (non-hydrogen) atoms. The first-order valence-corrected chi connectivity index (χ1v) is 10.6. The second kappa shape index (κ2) is 10.3. The molecule has 0 saturated heterocycles. The van der Waals surface area contributed by atoms with Crippen LogP contribution < -0.4 is 14.8 Å². The maximum Gasteiger partial charge on any atom is 0.277 e. The zero-order chi connectivity index (χ0) is 20.6. The zero-order valence-electron chi connectivity index (χ0n) is 16.0. The summed E-state index contributed by atoms with van der Waals surface area (Å²) in [7, 11) is 3.19. The van der Waals surface area contributed by atoms with Gasteiger partial charge < -0.3 is 19.2 Å². The van der Waals surface area contributed by atoms with Crippen LogP contribution in [0.5, 0.6) is 11.5 Å². The third kappa shape index (κ3) is 5.74. The lowest BCUT2D eigenvalue weighted by atomic mass is 10.1. The van der Waals surface area contributed by atoms with Gasteiger partial charge >= 0.3 is 0 Å². The fourth-order valence-electron chi connectivity index (χ4n) is 2.57. The minimum Gasteiger partial charge on any atom is -0.493 e. The maximum absolute atomic E-state index is 12.1. The minimum absolute atomic E-state index is 0.101. The maximum atomic E-state index is 12.1. The molecule has 0 radical (unpaired) electrons. The lowest BCUT2D eigenvalue weighted by Gasteiger charge is -2.10. The van der Waals surface area contributed by atoms with E-state index < -0.39 is 0 Å². The molecule has 0 spiro atoms. The summed E-state index contributed by atoms with van der Waals surface area (Å²) in [6.45, 7) is 0.515. The number of ether oxygens (including phenoxy) is 2. The highest BCUT2D eigenvalue weighted by atomic mass is 79.9. The van der Waals surface area contributed by atoms with Gasteiger partial charge in [-0.1, -0.05) is 30.0 Å². The molecule has 2 aromatic carbocycles. The summed E-state index contributed by atoms with van der Waals surface area (Å²) in [5.74, 6) is 1.86. The van der Waals surface area contributed by atoms with E-state index in [9.17, 15) is 4.79 Å². The summed E-state index contributed by atoms with van der Waals surface area (Å²) in [5.41, 5.74) is 1.86. The van der Waals surface area contributed by atoms with Crippen LogP contribution in [0.3, 0.4) is 0 Å². The topological polar surface area (TPSA) is 86.5 Å². The smallest absolute Gasteiger partial charge is 0.277 e. The molecule has 0 fully saturated rings. The van der Waals surface area contributed by atoms with Gasteiger partial charge in [0, 0.05) is 11.0 Å². The van der Waals surface area contributed by atoms with Gasteiger partial charge in [0.05, 0.1) is 25.5 Å². The molecular formula is C20H20BrN3O4S. The summed E-state index contributed by atoms with van der Waals surface area (Å²) in [4.78, 5) is 12.1. The third-order valence-corrected chi connectivity index (χ3v) is 5.53. The first-order valence-electron chi connectivity index (χ1n) is 8.79. The number of methoxy groups -OCH3 is 2. The number of rotatable bonds is 9. The Morgan fingerprint density at radius 1 is 1.14 bits per heavy atom. The van der Waals surface area contributed by atoms with Gasteiger partial charge in [0.2, 0.25) is 11.8 Å². The van der Waals surface area contributed by atoms with Crippen LogP contribution in [0.2, 0.25) is 0 Å². The predicted octanol–water partition coefficient (Wildman–Crippen LogP) is 3.97. The van der Waals surface area contributed by atoms with Crippen LogP contribution in [0, 0.1) is 0 Å². The molecular weight excluding hydrogens is 458 g/mol. The molecule has 0 saturated carbocycles. The molecule has 7 nitrogen and oxygen atoms in total. The number of nitrogens with zero attached hydrogens (tertiary/aromatic N) is 2. The van der Waals surface area contributed by atoms with E-state index in [1.54, 1.807) is 14.2 Å². The lowest BCUT2D eigenvalue weighted by Crippen LogP contribution is -2.27. The molecule has 0 aliphatic heterocycles. The van der Waals surface area contributed by atoms with Crippen molar-refractivity contribution in [2.45, 2.75) is 11.6 Å². The Balaban J connectivity index is 1.46. The Bertz CT molecular complexity index is 980. The van der Waals surface area contributed by atoms with Crippen molar-refractivity contribution < 1.29 is 18.7 Å². The van der Waals surface area contributed by atoms with Crippen LogP contribution in [-0.4, -0.2) is 42.6 Å². The van der Waals surface area contributed by atoms with Gasteiger partial charge in [-0.05, 0) is 52.2 Å². The van der Waals surface area contributed by atoms with E-state index in [1.807, 2.05) is 42.5 Å². The molecule has 9 heteroatoms. The molecule has 3 aromatic rings. The highest BCUT2D eigenvalue weighted by molar-refractivity contribution is 9.10. The fraction of sp³-hybridized carbons (Fsp3) is 0.250. The van der Waals surface area contributed by atoms with Crippen molar-refractivity contribution in [2.24, 2.45) is 0 Å². The standard InChI is InChI=1S/C20H20BrN3O4S/c1-26-16-8-7-13(11-17(16)27-2)9-10-22-18(25)12-29-20-24-23-19(28-20)14-5-3-4-6-15(14)21/h3-8,11H,9-10,12H2,1-2H3,(H,22,25). The predicted molar refractivity (Wildman–Crippen MR) is 114 cm³/mol. The van der Waals surface area contributed by atoms with Crippen molar-refractivity contribution >= 4 is 33.6 Å². The molecule has 1 heterocycles. The van der Waals surface area contributed by atoms with Gasteiger partial charge in [0.15, 0.2) is 11.5 Å². The van der Waals surface area contributed by atoms with E-state index in [4.69, 9.17) is 13.9 Å². The number of halogens is 1. The van der Waals surface area contributed by atoms with Gasteiger partial charge in [-0.2, -0.15) is 0 Å². The van der Waals surface area contributed by atoms with Crippen molar-refractivity contribution in [3.05, 3.63) is 52.5 Å². The van der Waals surface area contributed by atoms with E-state index in [-0.39, 0.29) is 11.7 Å². The SMILES string of the molecule is COc1ccc(CCNC(=O)CSc2nnc(-c3ccccc3Br)o2)cc1OC. The first-order chi connectivity index (χ1) is 14.1. The molecule has 0 atom stereocenters. The van der Waals surface area contributed by atoms with Crippen LogP contribution in [0.15, 0.2) is 56.6 Å². The largest absolute Gasteiger partial charge is 0.493 e. The number of amides is 1. The Morgan fingerprint density at radius 3 is 2.69 bits per heavy atom. The van der Waals surface area contributed by atoms with E-state index in [1.165, 1.54) is 11.8 Å². The van der Waals surface area contributed by atoms with E-state index >= 15 is 0 Å². The highest BCUT2D eigenvalue weighted by Crippen LogP contribution is 2.29. The summed E-state index contributed by atoms with van der Waals surface area (Å²) in [6, 6.07) is 13.3. The molecule has 1 N–H and O–H groups in total. The molecule has 0 aliphatic carbocycles. The zero-order valence-corrected chi connectivity index (χ0v) is 18.4. The number of hydrogen-bond acceptors (Lipinski definition) is 7. The van der Waals surface area contributed by atoms with Crippen molar-refractivity contribution in [3.63, 3.8) is 0 Å². The van der Waals surface area contributed by atoms with Crippen molar-refractivity contribution in [2.75, 3.05) is 26.5 Å². The van der Waals surface area contributed by atoms with Crippen LogP contribution in [0.4, 0.5) is 0 Å². The fourth-order valence-corrected chi connectivity index (χ4v) is 3.62. The van der Waals surface area contributed by atoms with Crippen LogP contribution in [0.1, 0.15) is 5.56 Å². The number of carbonyl (C=O) groups is 1. The Labute approximate surface area is 181 Å². The van der Waals surface area contributed by atoms with Crippen LogP contribution in [-0.2, 0) is 11.2 Å². The quantitative estimate of drug-likeness (QED) is 0.466. The normalized spacial score (nSPS) is 10.6. The first kappa shape index (κ1) is 21.2.